The fraction of sp³-hybridized carbons (Fsp3) is 0.571. The van der Waals surface area contributed by atoms with Crippen molar-refractivity contribution in [2.24, 2.45) is 11.7 Å². The molecule has 0 saturated carbocycles. The van der Waals surface area contributed by atoms with E-state index in [4.69, 9.17) is 15.6 Å². The van der Waals surface area contributed by atoms with Gasteiger partial charge in [0.25, 0.3) is 0 Å². The molecule has 0 aromatic heterocycles. The van der Waals surface area contributed by atoms with Crippen molar-refractivity contribution in [3.8, 4) is 0 Å². The first-order chi connectivity index (χ1) is 5.15. The Hall–Kier alpha value is -0.870. The topological polar surface area (TPSA) is 72.6 Å². The minimum Gasteiger partial charge on any atom is -0.429 e. The summed E-state index contributed by atoms with van der Waals surface area (Å²) in [4.78, 5) is 10.8. The molecular formula is C7H11NO3. The van der Waals surface area contributed by atoms with Crippen molar-refractivity contribution in [2.75, 3.05) is 6.61 Å². The average Bonchev–Trinajstić information content (AvgIpc) is 2.31. The summed E-state index contributed by atoms with van der Waals surface area (Å²) < 4.78 is 4.76. The highest BCUT2D eigenvalue weighted by molar-refractivity contribution is 5.78. The fourth-order valence-corrected chi connectivity index (χ4v) is 0.847. The monoisotopic (exact) mass is 157 g/mol. The maximum Gasteiger partial charge on any atom is 0.317 e. The van der Waals surface area contributed by atoms with E-state index in [1.807, 2.05) is 0 Å². The molecule has 1 aliphatic heterocycles. The molecule has 0 bridgehead atoms. The third-order valence-electron chi connectivity index (χ3n) is 1.57. The zero-order chi connectivity index (χ0) is 8.43. The Bertz CT molecular complexity index is 200. The number of carbonyl (C=O) groups is 1. The molecule has 1 aliphatic rings. The van der Waals surface area contributed by atoms with Gasteiger partial charge in [-0.2, -0.15) is 0 Å². The number of hydrogen-bond acceptors (Lipinski definition) is 4. The lowest BCUT2D eigenvalue weighted by Crippen LogP contribution is -2.27. The number of aliphatic hydroxyl groups is 1. The van der Waals surface area contributed by atoms with E-state index in [0.717, 1.165) is 0 Å². The van der Waals surface area contributed by atoms with Crippen LogP contribution in [-0.4, -0.2) is 23.7 Å². The Morgan fingerprint density at radius 2 is 2.55 bits per heavy atom. The van der Waals surface area contributed by atoms with Crippen LogP contribution in [0.15, 0.2) is 11.8 Å². The summed E-state index contributed by atoms with van der Waals surface area (Å²) in [5.74, 6) is -0.156. The van der Waals surface area contributed by atoms with Crippen molar-refractivity contribution < 1.29 is 14.6 Å². The van der Waals surface area contributed by atoms with Gasteiger partial charge in [-0.3, -0.25) is 4.79 Å². The molecule has 0 fully saturated rings. The summed E-state index contributed by atoms with van der Waals surface area (Å²) in [6.07, 6.45) is 1.63. The van der Waals surface area contributed by atoms with Crippen LogP contribution in [0.1, 0.15) is 6.92 Å². The maximum absolute atomic E-state index is 10.8. The van der Waals surface area contributed by atoms with Crippen LogP contribution >= 0.6 is 0 Å². The lowest BCUT2D eigenvalue weighted by molar-refractivity contribution is -0.140. The normalized spacial score (nSPS) is 26.3. The Balaban J connectivity index is 2.63. The lowest BCUT2D eigenvalue weighted by atomic mass is 10.1. The van der Waals surface area contributed by atoms with Gasteiger partial charge in [0.2, 0.25) is 0 Å². The number of hydrogen-bond donors (Lipinski definition) is 2. The SMILES string of the molecule is C[C@@H]1C=C([C@@H](N)CO)OC1=O. The first-order valence-electron chi connectivity index (χ1n) is 3.45. The van der Waals surface area contributed by atoms with Crippen LogP contribution in [0.25, 0.3) is 0 Å². The smallest absolute Gasteiger partial charge is 0.317 e. The number of esters is 1. The highest BCUT2D eigenvalue weighted by Crippen LogP contribution is 2.18. The number of cyclic esters (lactones) is 1. The molecule has 0 amide bonds. The Morgan fingerprint density at radius 3 is 2.91 bits per heavy atom. The van der Waals surface area contributed by atoms with Gasteiger partial charge < -0.3 is 15.6 Å². The van der Waals surface area contributed by atoms with Gasteiger partial charge in [-0.15, -0.1) is 0 Å². The van der Waals surface area contributed by atoms with Crippen LogP contribution < -0.4 is 5.73 Å². The van der Waals surface area contributed by atoms with E-state index in [-0.39, 0.29) is 18.5 Å². The van der Waals surface area contributed by atoms with Crippen LogP contribution in [0.4, 0.5) is 0 Å². The van der Waals surface area contributed by atoms with Crippen molar-refractivity contribution in [3.63, 3.8) is 0 Å². The summed E-state index contributed by atoms with van der Waals surface area (Å²) in [7, 11) is 0. The predicted octanol–water partition coefficient (Wildman–Crippen LogP) is -0.617. The molecular weight excluding hydrogens is 146 g/mol. The Kier molecular flexibility index (Phi) is 2.26. The van der Waals surface area contributed by atoms with Gasteiger partial charge in [0.1, 0.15) is 5.76 Å². The molecule has 2 atom stereocenters. The summed E-state index contributed by atoms with van der Waals surface area (Å²) in [5.41, 5.74) is 5.41. The summed E-state index contributed by atoms with van der Waals surface area (Å²) in [6.45, 7) is 1.52. The molecule has 11 heavy (non-hydrogen) atoms. The van der Waals surface area contributed by atoms with Gasteiger partial charge in [-0.25, -0.2) is 0 Å². The van der Waals surface area contributed by atoms with Crippen molar-refractivity contribution >= 4 is 5.97 Å². The quantitative estimate of drug-likeness (QED) is 0.524. The zero-order valence-corrected chi connectivity index (χ0v) is 6.28. The minimum atomic E-state index is -0.566. The van der Waals surface area contributed by atoms with E-state index < -0.39 is 6.04 Å². The summed E-state index contributed by atoms with van der Waals surface area (Å²) in [5, 5.41) is 8.61. The molecule has 3 N–H and O–H groups in total. The second-order valence-electron chi connectivity index (χ2n) is 2.57. The van der Waals surface area contributed by atoms with E-state index in [0.29, 0.717) is 5.76 Å². The maximum atomic E-state index is 10.8. The molecule has 0 saturated heterocycles. The molecule has 4 heteroatoms. The number of ether oxygens (including phenoxy) is 1. The third-order valence-corrected chi connectivity index (χ3v) is 1.57. The Morgan fingerprint density at radius 1 is 1.91 bits per heavy atom. The van der Waals surface area contributed by atoms with Gasteiger partial charge in [0.15, 0.2) is 0 Å². The van der Waals surface area contributed by atoms with E-state index >= 15 is 0 Å². The van der Waals surface area contributed by atoms with E-state index in [1.165, 1.54) is 0 Å². The summed E-state index contributed by atoms with van der Waals surface area (Å²) >= 11 is 0. The second kappa shape index (κ2) is 3.02. The number of rotatable bonds is 2. The van der Waals surface area contributed by atoms with Crippen LogP contribution in [0, 0.1) is 5.92 Å². The van der Waals surface area contributed by atoms with Crippen molar-refractivity contribution in [1.29, 1.82) is 0 Å². The molecule has 0 aromatic carbocycles. The van der Waals surface area contributed by atoms with Crippen LogP contribution in [0.2, 0.25) is 0 Å². The van der Waals surface area contributed by atoms with Gasteiger partial charge >= 0.3 is 5.97 Å². The molecule has 4 nitrogen and oxygen atoms in total. The van der Waals surface area contributed by atoms with E-state index in [1.54, 1.807) is 13.0 Å². The number of nitrogens with two attached hydrogens (primary N) is 1. The number of carbonyl (C=O) groups excluding carboxylic acids is 1. The molecule has 1 rings (SSSR count). The zero-order valence-electron chi connectivity index (χ0n) is 6.28. The number of aliphatic hydroxyl groups excluding tert-OH is 1. The average molecular weight is 157 g/mol. The highest BCUT2D eigenvalue weighted by Gasteiger charge is 2.25. The Labute approximate surface area is 64.6 Å². The third kappa shape index (κ3) is 1.58. The summed E-state index contributed by atoms with van der Waals surface area (Å²) in [6, 6.07) is -0.566. The molecule has 0 unspecified atom stereocenters. The van der Waals surface area contributed by atoms with Gasteiger partial charge in [0.05, 0.1) is 18.6 Å². The van der Waals surface area contributed by atoms with Crippen LogP contribution in [0.5, 0.6) is 0 Å². The molecule has 0 aliphatic carbocycles. The molecule has 1 heterocycles. The largest absolute Gasteiger partial charge is 0.429 e. The lowest BCUT2D eigenvalue weighted by Gasteiger charge is -2.07. The molecule has 0 radical (unpaired) electrons. The fourth-order valence-electron chi connectivity index (χ4n) is 0.847. The van der Waals surface area contributed by atoms with Gasteiger partial charge in [-0.05, 0) is 13.0 Å². The van der Waals surface area contributed by atoms with Gasteiger partial charge in [-0.1, -0.05) is 0 Å². The predicted molar refractivity (Wildman–Crippen MR) is 38.4 cm³/mol. The molecule has 62 valence electrons. The first kappa shape index (κ1) is 8.23. The molecule has 0 spiro atoms. The molecule has 0 aromatic rings. The first-order valence-corrected chi connectivity index (χ1v) is 3.45. The van der Waals surface area contributed by atoms with Crippen molar-refractivity contribution in [2.45, 2.75) is 13.0 Å². The highest BCUT2D eigenvalue weighted by atomic mass is 16.5. The van der Waals surface area contributed by atoms with E-state index in [2.05, 4.69) is 0 Å². The van der Waals surface area contributed by atoms with Gasteiger partial charge in [0, 0.05) is 0 Å². The van der Waals surface area contributed by atoms with Crippen molar-refractivity contribution in [1.82, 2.24) is 0 Å². The van der Waals surface area contributed by atoms with Crippen LogP contribution in [0.3, 0.4) is 0 Å². The minimum absolute atomic E-state index is 0.203. The van der Waals surface area contributed by atoms with E-state index in [9.17, 15) is 4.79 Å². The van der Waals surface area contributed by atoms with Crippen LogP contribution in [-0.2, 0) is 9.53 Å². The standard InChI is InChI=1S/C7H11NO3/c1-4-2-6(5(8)3-9)11-7(4)10/h2,4-5,9H,3,8H2,1H3/t4-,5+/m1/s1. The second-order valence-corrected chi connectivity index (χ2v) is 2.57. The van der Waals surface area contributed by atoms with Crippen molar-refractivity contribution in [3.05, 3.63) is 11.8 Å².